The molecule has 0 spiro atoms. The van der Waals surface area contributed by atoms with Gasteiger partial charge in [0.15, 0.2) is 0 Å². The molecule has 1 aliphatic rings. The van der Waals surface area contributed by atoms with Crippen molar-refractivity contribution in [2.45, 2.75) is 19.4 Å². The molecule has 1 aliphatic heterocycles. The molecule has 0 atom stereocenters. The van der Waals surface area contributed by atoms with Gasteiger partial charge in [-0.1, -0.05) is 6.07 Å². The molecular formula is C12H18N2OS. The van der Waals surface area contributed by atoms with Crippen LogP contribution >= 0.6 is 11.3 Å². The van der Waals surface area contributed by atoms with Crippen LogP contribution in [-0.2, 0) is 11.3 Å². The van der Waals surface area contributed by atoms with Crippen LogP contribution in [0.1, 0.15) is 17.7 Å². The van der Waals surface area contributed by atoms with Crippen LogP contribution in [0.15, 0.2) is 17.5 Å². The largest absolute Gasteiger partial charge is 0.340 e. The Morgan fingerprint density at radius 1 is 1.56 bits per heavy atom. The third-order valence-corrected chi connectivity index (χ3v) is 3.90. The van der Waals surface area contributed by atoms with Gasteiger partial charge in [-0.15, -0.1) is 11.3 Å². The standard InChI is InChI=1S/C12H18N2OS/c1-14(9-11-3-2-8-16-11)12(15)10-4-6-13-7-5-10/h2-3,8,10,13H,4-7,9H2,1H3. The summed E-state index contributed by atoms with van der Waals surface area (Å²) in [4.78, 5) is 15.2. The van der Waals surface area contributed by atoms with Crippen LogP contribution in [0.5, 0.6) is 0 Å². The molecule has 1 saturated heterocycles. The number of nitrogens with one attached hydrogen (secondary N) is 1. The van der Waals surface area contributed by atoms with Gasteiger partial charge in [-0.3, -0.25) is 4.79 Å². The van der Waals surface area contributed by atoms with Gasteiger partial charge in [0.2, 0.25) is 5.91 Å². The molecule has 0 bridgehead atoms. The lowest BCUT2D eigenvalue weighted by molar-refractivity contribution is -0.135. The van der Waals surface area contributed by atoms with Crippen molar-refractivity contribution in [2.75, 3.05) is 20.1 Å². The first kappa shape index (κ1) is 11.6. The lowest BCUT2D eigenvalue weighted by atomic mass is 9.97. The molecule has 88 valence electrons. The summed E-state index contributed by atoms with van der Waals surface area (Å²) in [6.07, 6.45) is 1.96. The van der Waals surface area contributed by atoms with Crippen molar-refractivity contribution in [2.24, 2.45) is 5.92 Å². The Morgan fingerprint density at radius 2 is 2.31 bits per heavy atom. The number of carbonyl (C=O) groups is 1. The third-order valence-electron chi connectivity index (χ3n) is 3.04. The van der Waals surface area contributed by atoms with Crippen molar-refractivity contribution in [1.29, 1.82) is 0 Å². The lowest BCUT2D eigenvalue weighted by Gasteiger charge is -2.26. The number of thiophene rings is 1. The second kappa shape index (κ2) is 5.46. The van der Waals surface area contributed by atoms with Crippen molar-refractivity contribution in [3.63, 3.8) is 0 Å². The van der Waals surface area contributed by atoms with Crippen molar-refractivity contribution in [3.8, 4) is 0 Å². The molecule has 1 fully saturated rings. The van der Waals surface area contributed by atoms with Gasteiger partial charge in [0.1, 0.15) is 0 Å². The highest BCUT2D eigenvalue weighted by atomic mass is 32.1. The zero-order valence-electron chi connectivity index (χ0n) is 9.61. The zero-order valence-corrected chi connectivity index (χ0v) is 10.4. The molecule has 1 aromatic heterocycles. The first-order valence-electron chi connectivity index (χ1n) is 5.75. The van der Waals surface area contributed by atoms with Crippen LogP contribution in [0.4, 0.5) is 0 Å². The number of hydrogen-bond donors (Lipinski definition) is 1. The van der Waals surface area contributed by atoms with E-state index in [0.717, 1.165) is 32.5 Å². The highest BCUT2D eigenvalue weighted by molar-refractivity contribution is 7.09. The summed E-state index contributed by atoms with van der Waals surface area (Å²) >= 11 is 1.71. The Labute approximate surface area is 100 Å². The van der Waals surface area contributed by atoms with Gasteiger partial charge in [-0.05, 0) is 37.4 Å². The molecular weight excluding hydrogens is 220 g/mol. The Balaban J connectivity index is 1.88. The van der Waals surface area contributed by atoms with E-state index in [-0.39, 0.29) is 5.92 Å². The molecule has 1 N–H and O–H groups in total. The monoisotopic (exact) mass is 238 g/mol. The Morgan fingerprint density at radius 3 is 2.94 bits per heavy atom. The van der Waals surface area contributed by atoms with Crippen molar-refractivity contribution >= 4 is 17.2 Å². The van der Waals surface area contributed by atoms with E-state index in [4.69, 9.17) is 0 Å². The first-order valence-corrected chi connectivity index (χ1v) is 6.63. The Kier molecular flexibility index (Phi) is 3.96. The van der Waals surface area contributed by atoms with E-state index in [9.17, 15) is 4.79 Å². The first-order chi connectivity index (χ1) is 7.77. The summed E-state index contributed by atoms with van der Waals surface area (Å²) in [5, 5.41) is 5.34. The molecule has 4 heteroatoms. The topological polar surface area (TPSA) is 32.3 Å². The fraction of sp³-hybridized carbons (Fsp3) is 0.583. The van der Waals surface area contributed by atoms with Gasteiger partial charge in [-0.2, -0.15) is 0 Å². The highest BCUT2D eigenvalue weighted by Crippen LogP contribution is 2.17. The smallest absolute Gasteiger partial charge is 0.225 e. The number of hydrogen-bond acceptors (Lipinski definition) is 3. The second-order valence-electron chi connectivity index (χ2n) is 4.30. The van der Waals surface area contributed by atoms with E-state index in [1.807, 2.05) is 18.0 Å². The van der Waals surface area contributed by atoms with Crippen LogP contribution in [-0.4, -0.2) is 30.9 Å². The van der Waals surface area contributed by atoms with E-state index in [1.54, 1.807) is 11.3 Å². The average Bonchev–Trinajstić information content (AvgIpc) is 2.82. The van der Waals surface area contributed by atoms with Crippen molar-refractivity contribution in [1.82, 2.24) is 10.2 Å². The lowest BCUT2D eigenvalue weighted by Crippen LogP contribution is -2.38. The molecule has 0 aromatic carbocycles. The molecule has 16 heavy (non-hydrogen) atoms. The predicted molar refractivity (Wildman–Crippen MR) is 66.4 cm³/mol. The molecule has 0 radical (unpaired) electrons. The van der Waals surface area contributed by atoms with Crippen LogP contribution in [0, 0.1) is 5.92 Å². The molecule has 1 aromatic rings. The normalized spacial score (nSPS) is 17.3. The van der Waals surface area contributed by atoms with Gasteiger partial charge in [0.05, 0.1) is 6.54 Å². The number of nitrogens with zero attached hydrogens (tertiary/aromatic N) is 1. The van der Waals surface area contributed by atoms with E-state index in [0.29, 0.717) is 5.91 Å². The van der Waals surface area contributed by atoms with Crippen molar-refractivity contribution < 1.29 is 4.79 Å². The SMILES string of the molecule is CN(Cc1cccs1)C(=O)C1CCNCC1. The van der Waals surface area contributed by atoms with Gasteiger partial charge in [-0.25, -0.2) is 0 Å². The fourth-order valence-corrected chi connectivity index (χ4v) is 2.85. The predicted octanol–water partition coefficient (Wildman–Crippen LogP) is 1.71. The second-order valence-corrected chi connectivity index (χ2v) is 5.33. The summed E-state index contributed by atoms with van der Waals surface area (Å²) in [5.41, 5.74) is 0. The summed E-state index contributed by atoms with van der Waals surface area (Å²) in [6.45, 7) is 2.70. The van der Waals surface area contributed by atoms with Crippen LogP contribution < -0.4 is 5.32 Å². The van der Waals surface area contributed by atoms with Gasteiger partial charge >= 0.3 is 0 Å². The molecule has 0 unspecified atom stereocenters. The summed E-state index contributed by atoms with van der Waals surface area (Å²) in [7, 11) is 1.91. The van der Waals surface area contributed by atoms with E-state index >= 15 is 0 Å². The minimum atomic E-state index is 0.228. The minimum absolute atomic E-state index is 0.228. The molecule has 0 saturated carbocycles. The Bertz CT molecular complexity index is 331. The zero-order chi connectivity index (χ0) is 11.4. The maximum atomic E-state index is 12.1. The van der Waals surface area contributed by atoms with Crippen molar-refractivity contribution in [3.05, 3.63) is 22.4 Å². The van der Waals surface area contributed by atoms with Gasteiger partial charge in [0, 0.05) is 17.8 Å². The van der Waals surface area contributed by atoms with E-state index in [1.165, 1.54) is 4.88 Å². The maximum absolute atomic E-state index is 12.1. The molecule has 3 nitrogen and oxygen atoms in total. The highest BCUT2D eigenvalue weighted by Gasteiger charge is 2.23. The summed E-state index contributed by atoms with van der Waals surface area (Å²) in [6, 6.07) is 4.11. The van der Waals surface area contributed by atoms with Crippen LogP contribution in [0.25, 0.3) is 0 Å². The summed E-state index contributed by atoms with van der Waals surface area (Å²) < 4.78 is 0. The maximum Gasteiger partial charge on any atom is 0.225 e. The molecule has 0 aliphatic carbocycles. The van der Waals surface area contributed by atoms with Gasteiger partial charge in [0.25, 0.3) is 0 Å². The van der Waals surface area contributed by atoms with Crippen LogP contribution in [0.2, 0.25) is 0 Å². The van der Waals surface area contributed by atoms with Gasteiger partial charge < -0.3 is 10.2 Å². The number of amides is 1. The minimum Gasteiger partial charge on any atom is -0.340 e. The van der Waals surface area contributed by atoms with E-state index in [2.05, 4.69) is 16.8 Å². The quantitative estimate of drug-likeness (QED) is 0.869. The number of rotatable bonds is 3. The van der Waals surface area contributed by atoms with Crippen LogP contribution in [0.3, 0.4) is 0 Å². The average molecular weight is 238 g/mol. The number of carbonyl (C=O) groups excluding carboxylic acids is 1. The van der Waals surface area contributed by atoms with E-state index < -0.39 is 0 Å². The molecule has 1 amide bonds. The Hall–Kier alpha value is -0.870. The third kappa shape index (κ3) is 2.83. The number of piperidine rings is 1. The summed E-state index contributed by atoms with van der Waals surface area (Å²) in [5.74, 6) is 0.529. The molecule has 2 rings (SSSR count). The molecule has 2 heterocycles. The fourth-order valence-electron chi connectivity index (χ4n) is 2.09.